The SMILES string of the molecule is F/C=C/C/C=C/c1ccccc1. The molecule has 0 aliphatic carbocycles. The minimum atomic E-state index is 0.565. The van der Waals surface area contributed by atoms with Gasteiger partial charge in [0, 0.05) is 0 Å². The second-order valence-corrected chi connectivity index (χ2v) is 2.41. The number of allylic oxidation sites excluding steroid dienone is 2. The zero-order valence-corrected chi connectivity index (χ0v) is 6.78. The average molecular weight is 162 g/mol. The Labute approximate surface area is 72.0 Å². The lowest BCUT2D eigenvalue weighted by atomic mass is 10.2. The average Bonchev–Trinajstić information content (AvgIpc) is 2.14. The van der Waals surface area contributed by atoms with Crippen molar-refractivity contribution in [2.45, 2.75) is 6.42 Å². The zero-order chi connectivity index (χ0) is 8.65. The summed E-state index contributed by atoms with van der Waals surface area (Å²) in [4.78, 5) is 0. The van der Waals surface area contributed by atoms with Crippen molar-refractivity contribution in [2.75, 3.05) is 0 Å². The molecule has 0 nitrogen and oxygen atoms in total. The van der Waals surface area contributed by atoms with Gasteiger partial charge in [-0.2, -0.15) is 0 Å². The van der Waals surface area contributed by atoms with Gasteiger partial charge in [-0.25, -0.2) is 4.39 Å². The molecule has 1 aromatic rings. The van der Waals surface area contributed by atoms with Crippen LogP contribution in [0.4, 0.5) is 4.39 Å². The van der Waals surface area contributed by atoms with Crippen molar-refractivity contribution >= 4 is 6.08 Å². The highest BCUT2D eigenvalue weighted by atomic mass is 19.1. The van der Waals surface area contributed by atoms with E-state index in [4.69, 9.17) is 0 Å². The Morgan fingerprint density at radius 3 is 2.50 bits per heavy atom. The molecule has 1 rings (SSSR count). The fourth-order valence-corrected chi connectivity index (χ4v) is 0.898. The lowest BCUT2D eigenvalue weighted by molar-refractivity contribution is 0.717. The summed E-state index contributed by atoms with van der Waals surface area (Å²) in [5.41, 5.74) is 1.14. The molecule has 0 N–H and O–H groups in total. The summed E-state index contributed by atoms with van der Waals surface area (Å²) in [6, 6.07) is 9.94. The van der Waals surface area contributed by atoms with E-state index in [9.17, 15) is 4.39 Å². The first-order valence-corrected chi connectivity index (χ1v) is 3.90. The second-order valence-electron chi connectivity index (χ2n) is 2.41. The molecular weight excluding hydrogens is 151 g/mol. The number of rotatable bonds is 3. The van der Waals surface area contributed by atoms with Gasteiger partial charge in [-0.3, -0.25) is 0 Å². The predicted molar refractivity (Wildman–Crippen MR) is 50.3 cm³/mol. The Morgan fingerprint density at radius 2 is 1.83 bits per heavy atom. The van der Waals surface area contributed by atoms with Gasteiger partial charge in [-0.15, -0.1) is 0 Å². The van der Waals surface area contributed by atoms with Gasteiger partial charge < -0.3 is 0 Å². The van der Waals surface area contributed by atoms with Crippen LogP contribution < -0.4 is 0 Å². The molecule has 12 heavy (non-hydrogen) atoms. The van der Waals surface area contributed by atoms with Crippen molar-refractivity contribution in [1.29, 1.82) is 0 Å². The molecular formula is C11H11F. The predicted octanol–water partition coefficient (Wildman–Crippen LogP) is 3.57. The van der Waals surface area contributed by atoms with Gasteiger partial charge in [-0.05, 0) is 12.0 Å². The quantitative estimate of drug-likeness (QED) is 0.637. The van der Waals surface area contributed by atoms with Crippen LogP contribution in [0.5, 0.6) is 0 Å². The molecule has 1 aromatic carbocycles. The molecule has 0 amide bonds. The van der Waals surface area contributed by atoms with Crippen molar-refractivity contribution in [3.8, 4) is 0 Å². The molecule has 0 fully saturated rings. The summed E-state index contributed by atoms with van der Waals surface area (Å²) in [7, 11) is 0. The van der Waals surface area contributed by atoms with E-state index in [1.54, 1.807) is 0 Å². The lowest BCUT2D eigenvalue weighted by Crippen LogP contribution is -1.67. The molecule has 0 aliphatic rings. The Morgan fingerprint density at radius 1 is 1.08 bits per heavy atom. The summed E-state index contributed by atoms with van der Waals surface area (Å²) in [5, 5.41) is 0. The second kappa shape index (κ2) is 5.30. The van der Waals surface area contributed by atoms with Crippen molar-refractivity contribution in [3.05, 3.63) is 54.4 Å². The van der Waals surface area contributed by atoms with Crippen LogP contribution in [0.2, 0.25) is 0 Å². The van der Waals surface area contributed by atoms with Gasteiger partial charge in [0.05, 0.1) is 6.33 Å². The highest BCUT2D eigenvalue weighted by Crippen LogP contribution is 2.01. The summed E-state index contributed by atoms with van der Waals surface area (Å²) >= 11 is 0. The third-order valence-electron chi connectivity index (χ3n) is 1.47. The zero-order valence-electron chi connectivity index (χ0n) is 6.78. The van der Waals surface area contributed by atoms with Gasteiger partial charge >= 0.3 is 0 Å². The Hall–Kier alpha value is -1.37. The largest absolute Gasteiger partial charge is 0.216 e. The van der Waals surface area contributed by atoms with E-state index >= 15 is 0 Å². The van der Waals surface area contributed by atoms with Crippen LogP contribution in [-0.2, 0) is 0 Å². The van der Waals surface area contributed by atoms with Crippen LogP contribution in [0.15, 0.2) is 48.8 Å². The maximum absolute atomic E-state index is 11.5. The fourth-order valence-electron chi connectivity index (χ4n) is 0.898. The monoisotopic (exact) mass is 162 g/mol. The van der Waals surface area contributed by atoms with Crippen LogP contribution in [-0.4, -0.2) is 0 Å². The third-order valence-corrected chi connectivity index (χ3v) is 1.47. The minimum absolute atomic E-state index is 0.565. The van der Waals surface area contributed by atoms with Crippen molar-refractivity contribution in [2.24, 2.45) is 0 Å². The molecule has 0 aliphatic heterocycles. The Bertz CT molecular complexity index is 260. The van der Waals surface area contributed by atoms with Gasteiger partial charge in [0.15, 0.2) is 0 Å². The van der Waals surface area contributed by atoms with Gasteiger partial charge in [0.2, 0.25) is 0 Å². The lowest BCUT2D eigenvalue weighted by Gasteiger charge is -1.88. The van der Waals surface area contributed by atoms with Gasteiger partial charge in [0.25, 0.3) is 0 Å². The first-order chi connectivity index (χ1) is 5.93. The topological polar surface area (TPSA) is 0 Å². The highest BCUT2D eigenvalue weighted by Gasteiger charge is 1.80. The molecule has 62 valence electrons. The fraction of sp³-hybridized carbons (Fsp3) is 0.0909. The minimum Gasteiger partial charge on any atom is -0.216 e. The maximum atomic E-state index is 11.5. The molecule has 0 saturated carbocycles. The molecule has 0 atom stereocenters. The molecule has 0 bridgehead atoms. The Balaban J connectivity index is 2.47. The van der Waals surface area contributed by atoms with Gasteiger partial charge in [-0.1, -0.05) is 48.6 Å². The van der Waals surface area contributed by atoms with E-state index in [-0.39, 0.29) is 0 Å². The normalized spacial score (nSPS) is 11.4. The molecule has 0 aromatic heterocycles. The van der Waals surface area contributed by atoms with E-state index < -0.39 is 0 Å². The van der Waals surface area contributed by atoms with Crippen LogP contribution in [0.3, 0.4) is 0 Å². The standard InChI is InChI=1S/C11H11F/c12-10-6-2-5-9-11-7-3-1-4-8-11/h1,3-10H,2H2/b9-5+,10-6+. The summed E-state index contributed by atoms with van der Waals surface area (Å²) in [6.07, 6.45) is 6.57. The van der Waals surface area contributed by atoms with E-state index in [2.05, 4.69) is 0 Å². The maximum Gasteiger partial charge on any atom is 0.0830 e. The van der Waals surface area contributed by atoms with Crippen molar-refractivity contribution in [3.63, 3.8) is 0 Å². The molecule has 0 radical (unpaired) electrons. The summed E-state index contributed by atoms with van der Waals surface area (Å²) in [6.45, 7) is 0. The number of halogens is 1. The van der Waals surface area contributed by atoms with E-state index in [0.29, 0.717) is 12.8 Å². The number of hydrogen-bond acceptors (Lipinski definition) is 0. The third kappa shape index (κ3) is 3.15. The molecule has 0 heterocycles. The summed E-state index contributed by atoms with van der Waals surface area (Å²) in [5.74, 6) is 0. The van der Waals surface area contributed by atoms with E-state index in [1.165, 1.54) is 6.08 Å². The molecule has 0 unspecified atom stereocenters. The van der Waals surface area contributed by atoms with E-state index in [1.807, 2.05) is 42.5 Å². The number of benzene rings is 1. The highest BCUT2D eigenvalue weighted by molar-refractivity contribution is 5.48. The van der Waals surface area contributed by atoms with Crippen LogP contribution in [0.1, 0.15) is 12.0 Å². The molecule has 0 saturated heterocycles. The van der Waals surface area contributed by atoms with Crippen molar-refractivity contribution < 1.29 is 4.39 Å². The van der Waals surface area contributed by atoms with Crippen LogP contribution in [0, 0.1) is 0 Å². The summed E-state index contributed by atoms with van der Waals surface area (Å²) < 4.78 is 11.5. The first kappa shape index (κ1) is 8.72. The number of hydrogen-bond donors (Lipinski definition) is 0. The molecule has 1 heteroatoms. The van der Waals surface area contributed by atoms with Crippen LogP contribution >= 0.6 is 0 Å². The van der Waals surface area contributed by atoms with Gasteiger partial charge in [0.1, 0.15) is 0 Å². The van der Waals surface area contributed by atoms with E-state index in [0.717, 1.165) is 5.56 Å². The first-order valence-electron chi connectivity index (χ1n) is 3.90. The van der Waals surface area contributed by atoms with Crippen LogP contribution in [0.25, 0.3) is 6.08 Å². The smallest absolute Gasteiger partial charge is 0.0830 e. The Kier molecular flexibility index (Phi) is 3.86. The van der Waals surface area contributed by atoms with Crippen molar-refractivity contribution in [1.82, 2.24) is 0 Å². The molecule has 0 spiro atoms.